The normalized spacial score (nSPS) is 10.3. The maximum atomic E-state index is 12.7. The zero-order valence-electron chi connectivity index (χ0n) is 17.7. The van der Waals surface area contributed by atoms with Gasteiger partial charge in [-0.2, -0.15) is 0 Å². The van der Waals surface area contributed by atoms with Gasteiger partial charge < -0.3 is 21.1 Å². The molecule has 0 saturated carbocycles. The summed E-state index contributed by atoms with van der Waals surface area (Å²) >= 11 is 0. The molecule has 0 aromatic heterocycles. The summed E-state index contributed by atoms with van der Waals surface area (Å²) < 4.78 is 0. The molecule has 3 aromatic rings. The highest BCUT2D eigenvalue weighted by Gasteiger charge is 2.10. The highest BCUT2D eigenvalue weighted by atomic mass is 16.4. The molecule has 0 spiro atoms. The Bertz CT molecular complexity index is 1110. The van der Waals surface area contributed by atoms with Crippen molar-refractivity contribution < 1.29 is 19.5 Å². The molecule has 0 aliphatic carbocycles. The number of amides is 2. The minimum atomic E-state index is -1.12. The number of para-hydroxylation sites is 1. The lowest BCUT2D eigenvalue weighted by Gasteiger charge is -2.12. The molecule has 32 heavy (non-hydrogen) atoms. The number of aryl methyl sites for hydroxylation is 1. The molecule has 0 heterocycles. The second-order valence-corrected chi connectivity index (χ2v) is 7.17. The van der Waals surface area contributed by atoms with E-state index in [0.29, 0.717) is 23.4 Å². The maximum Gasteiger partial charge on any atom is 0.322 e. The van der Waals surface area contributed by atoms with Crippen molar-refractivity contribution in [1.29, 1.82) is 0 Å². The van der Waals surface area contributed by atoms with Crippen molar-refractivity contribution in [2.24, 2.45) is 0 Å². The van der Waals surface area contributed by atoms with Crippen LogP contribution in [0.25, 0.3) is 0 Å². The predicted molar refractivity (Wildman–Crippen MR) is 124 cm³/mol. The van der Waals surface area contributed by atoms with Crippen LogP contribution in [0.3, 0.4) is 0 Å². The molecule has 3 rings (SSSR count). The van der Waals surface area contributed by atoms with Crippen LogP contribution in [0.2, 0.25) is 0 Å². The van der Waals surface area contributed by atoms with Gasteiger partial charge in [-0.25, -0.2) is 0 Å². The quantitative estimate of drug-likeness (QED) is 0.411. The minimum absolute atomic E-state index is 0.260. The van der Waals surface area contributed by atoms with Crippen molar-refractivity contribution in [1.82, 2.24) is 5.32 Å². The monoisotopic (exact) mass is 431 g/mol. The van der Waals surface area contributed by atoms with Gasteiger partial charge in [0.1, 0.15) is 6.54 Å². The summed E-state index contributed by atoms with van der Waals surface area (Å²) in [5.74, 6) is -1.87. The van der Waals surface area contributed by atoms with E-state index in [-0.39, 0.29) is 5.91 Å². The van der Waals surface area contributed by atoms with Gasteiger partial charge in [0.2, 0.25) is 0 Å². The van der Waals surface area contributed by atoms with Gasteiger partial charge in [-0.05, 0) is 60.0 Å². The standard InChI is InChI=1S/C25H25N3O4/c1-2-18-7-3-4-9-22(18)26-15-17-6-5-8-20(14-17)25(32)28-21-12-10-19(11-13-21)24(31)27-16-23(29)30/h3-14,26H,2,15-16H2,1H3,(H,27,31)(H,28,32)(H,29,30). The highest BCUT2D eigenvalue weighted by molar-refractivity contribution is 6.04. The molecular formula is C25H25N3O4. The van der Waals surface area contributed by atoms with E-state index in [1.165, 1.54) is 17.7 Å². The lowest BCUT2D eigenvalue weighted by molar-refractivity contribution is -0.135. The number of anilines is 2. The Morgan fingerprint density at radius 1 is 0.844 bits per heavy atom. The smallest absolute Gasteiger partial charge is 0.322 e. The Morgan fingerprint density at radius 3 is 2.31 bits per heavy atom. The van der Waals surface area contributed by atoms with E-state index in [1.54, 1.807) is 18.2 Å². The van der Waals surface area contributed by atoms with Crippen molar-refractivity contribution in [3.8, 4) is 0 Å². The molecule has 3 aromatic carbocycles. The van der Waals surface area contributed by atoms with Gasteiger partial charge in [0.15, 0.2) is 0 Å². The van der Waals surface area contributed by atoms with E-state index in [1.807, 2.05) is 36.4 Å². The number of rotatable bonds is 9. The molecule has 4 N–H and O–H groups in total. The molecule has 0 aliphatic heterocycles. The Labute approximate surface area is 186 Å². The number of aliphatic carboxylic acids is 1. The van der Waals surface area contributed by atoms with Crippen LogP contribution in [0.4, 0.5) is 11.4 Å². The topological polar surface area (TPSA) is 108 Å². The lowest BCUT2D eigenvalue weighted by atomic mass is 10.1. The Balaban J connectivity index is 1.61. The Hall–Kier alpha value is -4.13. The largest absolute Gasteiger partial charge is 0.480 e. The number of hydrogen-bond donors (Lipinski definition) is 4. The van der Waals surface area contributed by atoms with Gasteiger partial charge in [-0.15, -0.1) is 0 Å². The fraction of sp³-hybridized carbons (Fsp3) is 0.160. The molecule has 7 heteroatoms. The van der Waals surface area contributed by atoms with Crippen molar-refractivity contribution in [2.75, 3.05) is 17.2 Å². The zero-order valence-corrected chi connectivity index (χ0v) is 17.7. The van der Waals surface area contributed by atoms with E-state index < -0.39 is 18.4 Å². The third kappa shape index (κ3) is 6.18. The molecule has 0 bridgehead atoms. The number of benzene rings is 3. The number of nitrogens with one attached hydrogen (secondary N) is 3. The van der Waals surface area contributed by atoms with Crippen LogP contribution in [-0.2, 0) is 17.8 Å². The number of hydrogen-bond acceptors (Lipinski definition) is 4. The summed E-state index contributed by atoms with van der Waals surface area (Å²) in [5, 5.41) is 17.2. The van der Waals surface area contributed by atoms with Crippen molar-refractivity contribution >= 4 is 29.2 Å². The van der Waals surface area contributed by atoms with Crippen LogP contribution in [0.15, 0.2) is 72.8 Å². The van der Waals surface area contributed by atoms with Crippen molar-refractivity contribution in [3.05, 3.63) is 95.1 Å². The van der Waals surface area contributed by atoms with E-state index >= 15 is 0 Å². The molecule has 2 amide bonds. The molecule has 164 valence electrons. The van der Waals surface area contributed by atoms with Gasteiger partial charge in [-0.1, -0.05) is 37.3 Å². The Morgan fingerprint density at radius 2 is 1.59 bits per heavy atom. The van der Waals surface area contributed by atoms with E-state index in [9.17, 15) is 14.4 Å². The SMILES string of the molecule is CCc1ccccc1NCc1cccc(C(=O)Nc2ccc(C(=O)NCC(=O)O)cc2)c1. The van der Waals surface area contributed by atoms with E-state index in [4.69, 9.17) is 5.11 Å². The van der Waals surface area contributed by atoms with Crippen LogP contribution >= 0.6 is 0 Å². The van der Waals surface area contributed by atoms with Gasteiger partial charge in [0.05, 0.1) is 0 Å². The molecule has 0 saturated heterocycles. The van der Waals surface area contributed by atoms with Crippen molar-refractivity contribution in [2.45, 2.75) is 19.9 Å². The van der Waals surface area contributed by atoms with E-state index in [0.717, 1.165) is 17.7 Å². The summed E-state index contributed by atoms with van der Waals surface area (Å²) in [7, 11) is 0. The van der Waals surface area contributed by atoms with Gasteiger partial charge >= 0.3 is 5.97 Å². The molecule has 7 nitrogen and oxygen atoms in total. The van der Waals surface area contributed by atoms with Crippen LogP contribution in [-0.4, -0.2) is 29.4 Å². The number of carbonyl (C=O) groups is 3. The first-order chi connectivity index (χ1) is 15.5. The number of carboxylic acid groups (broad SMARTS) is 1. The van der Waals surface area contributed by atoms with Gasteiger partial charge in [0.25, 0.3) is 11.8 Å². The number of carbonyl (C=O) groups excluding carboxylic acids is 2. The summed E-state index contributed by atoms with van der Waals surface area (Å²) in [6.45, 7) is 2.26. The second-order valence-electron chi connectivity index (χ2n) is 7.17. The first kappa shape index (κ1) is 22.6. The molecule has 0 aliphatic rings. The predicted octanol–water partition coefficient (Wildman–Crippen LogP) is 3.93. The fourth-order valence-corrected chi connectivity index (χ4v) is 3.19. The third-order valence-electron chi connectivity index (χ3n) is 4.88. The highest BCUT2D eigenvalue weighted by Crippen LogP contribution is 2.17. The van der Waals surface area contributed by atoms with Gasteiger partial charge in [-0.3, -0.25) is 14.4 Å². The molecule has 0 radical (unpaired) electrons. The molecule has 0 unspecified atom stereocenters. The average Bonchev–Trinajstić information content (AvgIpc) is 2.82. The van der Waals surface area contributed by atoms with Crippen LogP contribution in [0.1, 0.15) is 38.8 Å². The van der Waals surface area contributed by atoms with Crippen LogP contribution in [0.5, 0.6) is 0 Å². The third-order valence-corrected chi connectivity index (χ3v) is 4.88. The molecule has 0 atom stereocenters. The second kappa shape index (κ2) is 10.8. The van der Waals surface area contributed by atoms with Gasteiger partial charge in [0, 0.05) is 29.0 Å². The minimum Gasteiger partial charge on any atom is -0.480 e. The Kier molecular flexibility index (Phi) is 7.59. The molecular weight excluding hydrogens is 406 g/mol. The summed E-state index contributed by atoms with van der Waals surface area (Å²) in [4.78, 5) is 35.1. The maximum absolute atomic E-state index is 12.7. The molecule has 0 fully saturated rings. The summed E-state index contributed by atoms with van der Waals surface area (Å²) in [6, 6.07) is 21.8. The first-order valence-corrected chi connectivity index (χ1v) is 10.3. The fourth-order valence-electron chi connectivity index (χ4n) is 3.19. The first-order valence-electron chi connectivity index (χ1n) is 10.3. The number of carboxylic acids is 1. The lowest BCUT2D eigenvalue weighted by Crippen LogP contribution is -2.29. The van der Waals surface area contributed by atoms with Crippen LogP contribution < -0.4 is 16.0 Å². The summed E-state index contributed by atoms with van der Waals surface area (Å²) in [5.41, 5.74) is 4.67. The van der Waals surface area contributed by atoms with Crippen LogP contribution in [0, 0.1) is 0 Å². The summed E-state index contributed by atoms with van der Waals surface area (Å²) in [6.07, 6.45) is 0.936. The van der Waals surface area contributed by atoms with Crippen molar-refractivity contribution in [3.63, 3.8) is 0 Å². The van der Waals surface area contributed by atoms with E-state index in [2.05, 4.69) is 28.9 Å². The zero-order chi connectivity index (χ0) is 22.9. The average molecular weight is 431 g/mol.